The van der Waals surface area contributed by atoms with Crippen molar-refractivity contribution in [2.24, 2.45) is 0 Å². The van der Waals surface area contributed by atoms with Crippen LogP contribution in [-0.4, -0.2) is 12.3 Å². The van der Waals surface area contributed by atoms with E-state index < -0.39 is 0 Å². The molecule has 0 amide bonds. The van der Waals surface area contributed by atoms with E-state index in [0.29, 0.717) is 5.02 Å². The lowest BCUT2D eigenvalue weighted by Gasteiger charge is -2.08. The molecule has 0 saturated carbocycles. The monoisotopic (exact) mass is 333 g/mol. The number of anilines is 1. The summed E-state index contributed by atoms with van der Waals surface area (Å²) in [6.07, 6.45) is 0.897. The van der Waals surface area contributed by atoms with Gasteiger partial charge in [-0.25, -0.2) is 0 Å². The lowest BCUT2D eigenvalue weighted by Crippen LogP contribution is -2.14. The fourth-order valence-electron chi connectivity index (χ4n) is 3.20. The first-order valence-corrected chi connectivity index (χ1v) is 8.32. The van der Waals surface area contributed by atoms with Crippen LogP contribution in [0.1, 0.15) is 21.5 Å². The van der Waals surface area contributed by atoms with Crippen LogP contribution in [0.4, 0.5) is 5.69 Å². The van der Waals surface area contributed by atoms with Crippen molar-refractivity contribution in [1.29, 1.82) is 0 Å². The Balaban J connectivity index is 1.51. The summed E-state index contributed by atoms with van der Waals surface area (Å²) < 4.78 is 0. The predicted octanol–water partition coefficient (Wildman–Crippen LogP) is 5.21. The Labute approximate surface area is 146 Å². The van der Waals surface area contributed by atoms with Gasteiger partial charge in [0.2, 0.25) is 0 Å². The lowest BCUT2D eigenvalue weighted by molar-refractivity contribution is 0.101. The van der Waals surface area contributed by atoms with Crippen molar-refractivity contribution in [3.8, 4) is 11.1 Å². The minimum atomic E-state index is 0.0775. The van der Waals surface area contributed by atoms with Gasteiger partial charge >= 0.3 is 0 Å². The van der Waals surface area contributed by atoms with E-state index in [2.05, 4.69) is 35.6 Å². The Hall–Kier alpha value is -2.58. The zero-order valence-corrected chi connectivity index (χ0v) is 13.8. The molecule has 1 aliphatic rings. The molecule has 0 spiro atoms. The van der Waals surface area contributed by atoms with Crippen molar-refractivity contribution < 1.29 is 4.79 Å². The number of halogens is 1. The molecular weight excluding hydrogens is 318 g/mol. The van der Waals surface area contributed by atoms with Gasteiger partial charge in [-0.05, 0) is 52.9 Å². The van der Waals surface area contributed by atoms with Gasteiger partial charge in [0.25, 0.3) is 0 Å². The maximum Gasteiger partial charge on any atom is 0.181 e. The van der Waals surface area contributed by atoms with Gasteiger partial charge in [-0.2, -0.15) is 0 Å². The highest BCUT2D eigenvalue weighted by Gasteiger charge is 2.19. The number of hydrogen-bond acceptors (Lipinski definition) is 2. The third-order valence-corrected chi connectivity index (χ3v) is 4.63. The molecule has 0 heterocycles. The number of fused-ring (bicyclic) bond motifs is 3. The molecular formula is C21H16ClNO. The summed E-state index contributed by atoms with van der Waals surface area (Å²) in [6.45, 7) is 0.256. The fourth-order valence-corrected chi connectivity index (χ4v) is 3.39. The number of hydrogen-bond donors (Lipinski definition) is 1. The second-order valence-electron chi connectivity index (χ2n) is 5.99. The summed E-state index contributed by atoms with van der Waals surface area (Å²) in [4.78, 5) is 12.5. The van der Waals surface area contributed by atoms with Crippen LogP contribution in [-0.2, 0) is 6.42 Å². The van der Waals surface area contributed by atoms with E-state index in [9.17, 15) is 4.79 Å². The summed E-state index contributed by atoms with van der Waals surface area (Å²) >= 11 is 5.96. The van der Waals surface area contributed by atoms with E-state index in [1.807, 2.05) is 36.4 Å². The third-order valence-electron chi connectivity index (χ3n) is 4.39. The van der Waals surface area contributed by atoms with Gasteiger partial charge < -0.3 is 5.32 Å². The molecule has 0 bridgehead atoms. The number of ketones is 1. The van der Waals surface area contributed by atoms with Gasteiger partial charge in [0, 0.05) is 16.3 Å². The van der Waals surface area contributed by atoms with Crippen LogP contribution in [0.25, 0.3) is 11.1 Å². The van der Waals surface area contributed by atoms with Gasteiger partial charge in [-0.3, -0.25) is 4.79 Å². The molecule has 0 fully saturated rings. The number of benzene rings is 3. The van der Waals surface area contributed by atoms with Crippen LogP contribution in [0, 0.1) is 0 Å². The second kappa shape index (κ2) is 6.14. The Kier molecular flexibility index (Phi) is 3.83. The van der Waals surface area contributed by atoms with Crippen LogP contribution in [0.5, 0.6) is 0 Å². The highest BCUT2D eigenvalue weighted by molar-refractivity contribution is 6.30. The SMILES string of the molecule is O=C(CNc1cccc(Cl)c1)c1ccc2c(c1)Cc1ccccc1-2. The number of carbonyl (C=O) groups is 1. The van der Waals surface area contributed by atoms with E-state index in [-0.39, 0.29) is 12.3 Å². The summed E-state index contributed by atoms with van der Waals surface area (Å²) in [7, 11) is 0. The highest BCUT2D eigenvalue weighted by Crippen LogP contribution is 2.36. The minimum absolute atomic E-state index is 0.0775. The van der Waals surface area contributed by atoms with Gasteiger partial charge in [-0.15, -0.1) is 0 Å². The molecule has 0 unspecified atom stereocenters. The van der Waals surface area contributed by atoms with Crippen molar-refractivity contribution in [2.75, 3.05) is 11.9 Å². The molecule has 118 valence electrons. The molecule has 0 aliphatic heterocycles. The number of carbonyl (C=O) groups excluding carboxylic acids is 1. The van der Waals surface area contributed by atoms with Crippen molar-refractivity contribution in [2.45, 2.75) is 6.42 Å². The Morgan fingerprint density at radius 3 is 2.62 bits per heavy atom. The van der Waals surface area contributed by atoms with Crippen molar-refractivity contribution in [3.05, 3.63) is 88.4 Å². The Morgan fingerprint density at radius 1 is 0.917 bits per heavy atom. The first kappa shape index (κ1) is 15.0. The van der Waals surface area contributed by atoms with Gasteiger partial charge in [-0.1, -0.05) is 54.1 Å². The Bertz CT molecular complexity index is 933. The number of Topliss-reactive ketones (excluding diaryl/α,β-unsaturated/α-hetero) is 1. The standard InChI is InChI=1S/C21H16ClNO/c22-17-5-3-6-18(12-17)23-13-21(24)15-8-9-20-16(11-15)10-14-4-1-2-7-19(14)20/h1-9,11-12,23H,10,13H2. The molecule has 0 saturated heterocycles. The van der Waals surface area contributed by atoms with Crippen LogP contribution < -0.4 is 5.32 Å². The molecule has 3 aromatic carbocycles. The van der Waals surface area contributed by atoms with Crippen molar-refractivity contribution in [1.82, 2.24) is 0 Å². The maximum atomic E-state index is 12.5. The maximum absolute atomic E-state index is 12.5. The molecule has 0 radical (unpaired) electrons. The topological polar surface area (TPSA) is 29.1 Å². The van der Waals surface area contributed by atoms with E-state index >= 15 is 0 Å². The number of nitrogens with one attached hydrogen (secondary N) is 1. The molecule has 24 heavy (non-hydrogen) atoms. The quantitative estimate of drug-likeness (QED) is 0.520. The smallest absolute Gasteiger partial charge is 0.181 e. The van der Waals surface area contributed by atoms with Crippen molar-refractivity contribution in [3.63, 3.8) is 0 Å². The largest absolute Gasteiger partial charge is 0.378 e. The molecule has 4 rings (SSSR count). The molecule has 1 aliphatic carbocycles. The highest BCUT2D eigenvalue weighted by atomic mass is 35.5. The Morgan fingerprint density at radius 2 is 1.75 bits per heavy atom. The third kappa shape index (κ3) is 2.81. The molecule has 0 atom stereocenters. The van der Waals surface area contributed by atoms with Crippen LogP contribution in [0.2, 0.25) is 5.02 Å². The summed E-state index contributed by atoms with van der Waals surface area (Å²) in [5.74, 6) is 0.0775. The van der Waals surface area contributed by atoms with Crippen molar-refractivity contribution >= 4 is 23.1 Å². The normalized spacial score (nSPS) is 11.7. The lowest BCUT2D eigenvalue weighted by atomic mass is 10.0. The molecule has 2 nitrogen and oxygen atoms in total. The number of rotatable bonds is 4. The molecule has 3 heteroatoms. The first-order valence-electron chi connectivity index (χ1n) is 7.94. The summed E-state index contributed by atoms with van der Waals surface area (Å²) in [5.41, 5.74) is 6.67. The summed E-state index contributed by atoms with van der Waals surface area (Å²) in [6, 6.07) is 21.8. The summed E-state index contributed by atoms with van der Waals surface area (Å²) in [5, 5.41) is 3.79. The average molecular weight is 334 g/mol. The van der Waals surface area contributed by atoms with Gasteiger partial charge in [0.15, 0.2) is 5.78 Å². The van der Waals surface area contributed by atoms with E-state index in [0.717, 1.165) is 17.7 Å². The molecule has 1 N–H and O–H groups in total. The van der Waals surface area contributed by atoms with Crippen LogP contribution in [0.15, 0.2) is 66.7 Å². The van der Waals surface area contributed by atoms with Crippen LogP contribution in [0.3, 0.4) is 0 Å². The van der Waals surface area contributed by atoms with Crippen LogP contribution >= 0.6 is 11.6 Å². The van der Waals surface area contributed by atoms with Gasteiger partial charge in [0.05, 0.1) is 6.54 Å². The average Bonchev–Trinajstić information content (AvgIpc) is 2.97. The minimum Gasteiger partial charge on any atom is -0.378 e. The molecule has 0 aromatic heterocycles. The predicted molar refractivity (Wildman–Crippen MR) is 99.0 cm³/mol. The zero-order chi connectivity index (χ0) is 16.5. The van der Waals surface area contributed by atoms with Gasteiger partial charge in [0.1, 0.15) is 0 Å². The van der Waals surface area contributed by atoms with E-state index in [4.69, 9.17) is 11.6 Å². The molecule has 3 aromatic rings. The zero-order valence-electron chi connectivity index (χ0n) is 13.1. The van der Waals surface area contributed by atoms with E-state index in [1.165, 1.54) is 22.3 Å². The first-order chi connectivity index (χ1) is 11.7. The second-order valence-corrected chi connectivity index (χ2v) is 6.43. The fraction of sp³-hybridized carbons (Fsp3) is 0.0952. The van der Waals surface area contributed by atoms with E-state index in [1.54, 1.807) is 0 Å².